The minimum Gasteiger partial charge on any atom is -0.341 e. The highest BCUT2D eigenvalue weighted by atomic mass is 32.2. The lowest BCUT2D eigenvalue weighted by Crippen LogP contribution is -2.46. The molecular weight excluding hydrogens is 511 g/mol. The number of fused-ring (bicyclic) bond motifs is 1. The number of piperidine rings is 1. The van der Waals surface area contributed by atoms with E-state index in [0.29, 0.717) is 24.8 Å². The first kappa shape index (κ1) is 27.4. The summed E-state index contributed by atoms with van der Waals surface area (Å²) < 4.78 is 15.7. The molecule has 1 unspecified atom stereocenters. The number of benzene rings is 2. The van der Waals surface area contributed by atoms with Gasteiger partial charge in [-0.1, -0.05) is 52.0 Å². The number of anilines is 1. The summed E-state index contributed by atoms with van der Waals surface area (Å²) in [4.78, 5) is 30.9. The highest BCUT2D eigenvalue weighted by molar-refractivity contribution is 8.00. The second-order valence-corrected chi connectivity index (χ2v) is 13.0. The van der Waals surface area contributed by atoms with Gasteiger partial charge in [0.15, 0.2) is 0 Å². The van der Waals surface area contributed by atoms with Gasteiger partial charge in [-0.3, -0.25) is 14.5 Å². The van der Waals surface area contributed by atoms with Crippen molar-refractivity contribution in [2.24, 2.45) is 5.92 Å². The predicted molar refractivity (Wildman–Crippen MR) is 155 cm³/mol. The van der Waals surface area contributed by atoms with Crippen LogP contribution in [0.2, 0.25) is 0 Å². The number of rotatable bonds is 4. The molecule has 8 heteroatoms. The molecule has 206 valence electrons. The summed E-state index contributed by atoms with van der Waals surface area (Å²) in [6.45, 7) is 12.0. The quantitative estimate of drug-likeness (QED) is 0.399. The first-order chi connectivity index (χ1) is 18.5. The fraction of sp³-hybridized carbons (Fsp3) is 0.452. The highest BCUT2D eigenvalue weighted by Crippen LogP contribution is 2.48. The Morgan fingerprint density at radius 2 is 1.79 bits per heavy atom. The van der Waals surface area contributed by atoms with Crippen molar-refractivity contribution < 1.29 is 14.0 Å². The molecule has 1 atom stereocenters. The molecule has 3 heterocycles. The maximum absolute atomic E-state index is 13.9. The summed E-state index contributed by atoms with van der Waals surface area (Å²) in [5.74, 6) is 0.972. The first-order valence-electron chi connectivity index (χ1n) is 13.7. The summed E-state index contributed by atoms with van der Waals surface area (Å²) in [7, 11) is 0. The molecule has 5 rings (SSSR count). The van der Waals surface area contributed by atoms with Crippen molar-refractivity contribution in [1.82, 2.24) is 14.7 Å². The molecule has 0 N–H and O–H groups in total. The van der Waals surface area contributed by atoms with E-state index in [1.54, 1.807) is 17.0 Å². The van der Waals surface area contributed by atoms with E-state index in [1.165, 1.54) is 23.9 Å². The van der Waals surface area contributed by atoms with Crippen LogP contribution in [0.3, 0.4) is 0 Å². The van der Waals surface area contributed by atoms with Gasteiger partial charge in [0.25, 0.3) is 0 Å². The van der Waals surface area contributed by atoms with Gasteiger partial charge in [0.05, 0.1) is 22.4 Å². The Morgan fingerprint density at radius 1 is 1.10 bits per heavy atom. The summed E-state index contributed by atoms with van der Waals surface area (Å²) in [5.41, 5.74) is 4.24. The fourth-order valence-electron chi connectivity index (χ4n) is 5.41. The van der Waals surface area contributed by atoms with Crippen LogP contribution in [-0.2, 0) is 15.0 Å². The van der Waals surface area contributed by atoms with Crippen molar-refractivity contribution in [3.63, 3.8) is 0 Å². The smallest absolute Gasteiger partial charge is 0.242 e. The Morgan fingerprint density at radius 3 is 2.44 bits per heavy atom. The van der Waals surface area contributed by atoms with Crippen molar-refractivity contribution in [1.29, 1.82) is 0 Å². The molecule has 3 aromatic rings. The molecule has 0 aliphatic carbocycles. The number of amides is 2. The number of carbonyl (C=O) groups is 2. The molecule has 0 saturated carbocycles. The van der Waals surface area contributed by atoms with E-state index < -0.39 is 0 Å². The van der Waals surface area contributed by atoms with E-state index in [0.717, 1.165) is 40.9 Å². The molecule has 1 fully saturated rings. The van der Waals surface area contributed by atoms with Crippen LogP contribution >= 0.6 is 11.8 Å². The number of thioether (sulfide) groups is 1. The van der Waals surface area contributed by atoms with Crippen LogP contribution in [0.4, 0.5) is 10.2 Å². The third-order valence-electron chi connectivity index (χ3n) is 7.65. The van der Waals surface area contributed by atoms with Crippen molar-refractivity contribution in [3.8, 4) is 5.69 Å². The van der Waals surface area contributed by atoms with E-state index in [9.17, 15) is 14.0 Å². The number of hydrogen-bond donors (Lipinski definition) is 0. The molecule has 2 aromatic carbocycles. The number of halogens is 1. The summed E-state index contributed by atoms with van der Waals surface area (Å²) >= 11 is 1.51. The third-order valence-corrected chi connectivity index (χ3v) is 8.90. The summed E-state index contributed by atoms with van der Waals surface area (Å²) in [6.07, 6.45) is 1.95. The number of carbonyl (C=O) groups excluding carboxylic acids is 2. The first-order valence-corrected chi connectivity index (χ1v) is 14.7. The van der Waals surface area contributed by atoms with E-state index in [2.05, 4.69) is 27.7 Å². The number of aromatic nitrogens is 2. The Kier molecular flexibility index (Phi) is 7.60. The van der Waals surface area contributed by atoms with Crippen molar-refractivity contribution in [2.75, 3.05) is 30.3 Å². The monoisotopic (exact) mass is 548 g/mol. The van der Waals surface area contributed by atoms with Crippen LogP contribution in [0, 0.1) is 18.7 Å². The van der Waals surface area contributed by atoms with Gasteiger partial charge in [0.2, 0.25) is 11.8 Å². The normalized spacial score (nSPS) is 18.7. The molecule has 0 radical (unpaired) electrons. The van der Waals surface area contributed by atoms with E-state index in [4.69, 9.17) is 5.10 Å². The summed E-state index contributed by atoms with van der Waals surface area (Å²) in [5, 5.41) is 4.89. The topological polar surface area (TPSA) is 58.4 Å². The molecule has 0 spiro atoms. The zero-order valence-corrected chi connectivity index (χ0v) is 24.2. The standard InChI is InChI=1S/C31H37FN4O2S/c1-20-13-15-34(16-14-20)25(37)18-35-26(38)19-39-28(22-9-11-23(32)12-10-22)27-29(31(3,4)5)33-36(30(27)35)24-8-6-7-21(2)17-24/h6-12,17,20,28H,13-16,18-19H2,1-5H3. The molecule has 1 aromatic heterocycles. The van der Waals surface area contributed by atoms with Crippen molar-refractivity contribution in [3.05, 3.63) is 76.7 Å². The van der Waals surface area contributed by atoms with Crippen LogP contribution in [0.1, 0.15) is 68.2 Å². The molecule has 2 aliphatic rings. The van der Waals surface area contributed by atoms with Gasteiger partial charge in [0, 0.05) is 24.1 Å². The Hall–Kier alpha value is -3.13. The lowest BCUT2D eigenvalue weighted by atomic mass is 9.87. The fourth-order valence-corrected chi connectivity index (χ4v) is 6.61. The minimum atomic E-state index is -0.343. The van der Waals surface area contributed by atoms with Crippen LogP contribution in [-0.4, -0.2) is 51.9 Å². The second kappa shape index (κ2) is 10.8. The van der Waals surface area contributed by atoms with Crippen LogP contribution < -0.4 is 4.90 Å². The van der Waals surface area contributed by atoms with Gasteiger partial charge in [-0.15, -0.1) is 11.8 Å². The molecule has 39 heavy (non-hydrogen) atoms. The average Bonchev–Trinajstić information content (AvgIpc) is 3.23. The van der Waals surface area contributed by atoms with E-state index in [1.807, 2.05) is 40.8 Å². The number of nitrogens with zero attached hydrogens (tertiary/aromatic N) is 4. The van der Waals surface area contributed by atoms with Crippen molar-refractivity contribution >= 4 is 29.4 Å². The Labute approximate surface area is 234 Å². The molecule has 1 saturated heterocycles. The number of aryl methyl sites for hydroxylation is 1. The maximum atomic E-state index is 13.9. The lowest BCUT2D eigenvalue weighted by molar-refractivity contribution is -0.132. The van der Waals surface area contributed by atoms with Crippen LogP contribution in [0.25, 0.3) is 5.69 Å². The maximum Gasteiger partial charge on any atom is 0.242 e. The largest absolute Gasteiger partial charge is 0.341 e. The Bertz CT molecular complexity index is 1370. The zero-order chi connectivity index (χ0) is 27.9. The SMILES string of the molecule is Cc1cccc(-n2nc(C(C)(C)C)c3c2N(CC(=O)N2CCC(C)CC2)C(=O)CSC3c2ccc(F)cc2)c1. The van der Waals surface area contributed by atoms with Gasteiger partial charge in [-0.25, -0.2) is 9.07 Å². The van der Waals surface area contributed by atoms with Crippen molar-refractivity contribution in [2.45, 2.75) is 58.1 Å². The van der Waals surface area contributed by atoms with Gasteiger partial charge < -0.3 is 4.90 Å². The zero-order valence-electron chi connectivity index (χ0n) is 23.4. The van der Waals surface area contributed by atoms with Gasteiger partial charge in [0.1, 0.15) is 18.2 Å². The average molecular weight is 549 g/mol. The highest BCUT2D eigenvalue weighted by Gasteiger charge is 2.40. The summed E-state index contributed by atoms with van der Waals surface area (Å²) in [6, 6.07) is 14.5. The molecule has 0 bridgehead atoms. The molecule has 2 amide bonds. The van der Waals surface area contributed by atoms with E-state index >= 15 is 0 Å². The minimum absolute atomic E-state index is 0.0298. The lowest BCUT2D eigenvalue weighted by Gasteiger charge is -2.32. The van der Waals surface area contributed by atoms with Gasteiger partial charge in [-0.2, -0.15) is 5.10 Å². The third kappa shape index (κ3) is 5.62. The predicted octanol–water partition coefficient (Wildman–Crippen LogP) is 6.05. The van der Waals surface area contributed by atoms with Gasteiger partial charge >= 0.3 is 0 Å². The van der Waals surface area contributed by atoms with Crippen LogP contribution in [0.5, 0.6) is 0 Å². The second-order valence-electron chi connectivity index (χ2n) is 11.9. The van der Waals surface area contributed by atoms with Gasteiger partial charge in [-0.05, 0) is 61.1 Å². The molecule has 2 aliphatic heterocycles. The molecular formula is C31H37FN4O2S. The number of hydrogen-bond acceptors (Lipinski definition) is 4. The van der Waals surface area contributed by atoms with E-state index in [-0.39, 0.29) is 40.6 Å². The number of likely N-dealkylation sites (tertiary alicyclic amines) is 1. The van der Waals surface area contributed by atoms with Crippen LogP contribution in [0.15, 0.2) is 48.5 Å². The molecule has 6 nitrogen and oxygen atoms in total. The Balaban J connectivity index is 1.70.